The van der Waals surface area contributed by atoms with Crippen LogP contribution in [0.25, 0.3) is 0 Å². The molecule has 2 aliphatic heterocycles. The Bertz CT molecular complexity index is 929. The molecule has 27 heavy (non-hydrogen) atoms. The average molecular weight is 387 g/mol. The van der Waals surface area contributed by atoms with Crippen LogP contribution in [0.15, 0.2) is 36.5 Å². The molecule has 0 radical (unpaired) electrons. The lowest BCUT2D eigenvalue weighted by molar-refractivity contribution is 0.526. The molecule has 1 aromatic heterocycles. The van der Waals surface area contributed by atoms with Crippen molar-refractivity contribution in [3.63, 3.8) is 0 Å². The molecule has 0 spiro atoms. The van der Waals surface area contributed by atoms with Crippen molar-refractivity contribution in [2.45, 2.75) is 44.3 Å². The molecule has 7 heteroatoms. The third-order valence-corrected chi connectivity index (χ3v) is 7.67. The summed E-state index contributed by atoms with van der Waals surface area (Å²) < 4.78 is 28.4. The van der Waals surface area contributed by atoms with Gasteiger partial charge in [-0.3, -0.25) is 4.31 Å². The summed E-state index contributed by atoms with van der Waals surface area (Å²) in [6, 6.07) is 9.70. The molecular formula is C20H26N4O2S. The lowest BCUT2D eigenvalue weighted by Crippen LogP contribution is -2.48. The van der Waals surface area contributed by atoms with Crippen LogP contribution >= 0.6 is 0 Å². The zero-order valence-corrected chi connectivity index (χ0v) is 16.7. The fourth-order valence-corrected chi connectivity index (χ4v) is 5.95. The second kappa shape index (κ2) is 7.11. The van der Waals surface area contributed by atoms with Crippen LogP contribution in [0.2, 0.25) is 0 Å². The van der Waals surface area contributed by atoms with Crippen LogP contribution < -0.4 is 9.21 Å². The standard InChI is InChI=1S/C20H26N4O2S/c1-15(2)20-21-11-9-19(22-20)23-12-5-7-17(14-23)27(25,26)24-13-10-16-6-3-4-8-18(16)24/h3-4,6,8-9,11,15,17H,5,7,10,12-14H2,1-2H3. The third kappa shape index (κ3) is 3.40. The Kier molecular flexibility index (Phi) is 4.80. The molecule has 2 aliphatic rings. The maximum absolute atomic E-state index is 13.4. The molecular weight excluding hydrogens is 360 g/mol. The molecule has 1 fully saturated rings. The van der Waals surface area contributed by atoms with E-state index in [-0.39, 0.29) is 5.92 Å². The minimum absolute atomic E-state index is 0.246. The molecule has 3 heterocycles. The van der Waals surface area contributed by atoms with E-state index in [1.165, 1.54) is 0 Å². The van der Waals surface area contributed by atoms with Crippen LogP contribution in [0.3, 0.4) is 0 Å². The molecule has 1 saturated heterocycles. The summed E-state index contributed by atoms with van der Waals surface area (Å²) in [4.78, 5) is 11.1. The normalized spacial score (nSPS) is 20.2. The van der Waals surface area contributed by atoms with Crippen molar-refractivity contribution in [2.24, 2.45) is 0 Å². The highest BCUT2D eigenvalue weighted by molar-refractivity contribution is 7.93. The van der Waals surface area contributed by atoms with Gasteiger partial charge in [0, 0.05) is 31.7 Å². The van der Waals surface area contributed by atoms with Crippen LogP contribution in [-0.2, 0) is 16.4 Å². The summed E-state index contributed by atoms with van der Waals surface area (Å²) in [7, 11) is -3.39. The fourth-order valence-electron chi connectivity index (χ4n) is 3.96. The summed E-state index contributed by atoms with van der Waals surface area (Å²) in [5.74, 6) is 1.87. The van der Waals surface area contributed by atoms with Gasteiger partial charge in [-0.25, -0.2) is 18.4 Å². The van der Waals surface area contributed by atoms with E-state index in [2.05, 4.69) is 28.7 Å². The summed E-state index contributed by atoms with van der Waals surface area (Å²) in [5.41, 5.74) is 1.96. The lowest BCUT2D eigenvalue weighted by atomic mass is 10.1. The van der Waals surface area contributed by atoms with Crippen LogP contribution in [0.5, 0.6) is 0 Å². The molecule has 0 aliphatic carbocycles. The number of piperidine rings is 1. The number of fused-ring (bicyclic) bond motifs is 1. The Balaban J connectivity index is 1.57. The second-order valence-corrected chi connectivity index (χ2v) is 9.77. The van der Waals surface area contributed by atoms with Gasteiger partial charge in [-0.1, -0.05) is 32.0 Å². The smallest absolute Gasteiger partial charge is 0.239 e. The van der Waals surface area contributed by atoms with Crippen molar-refractivity contribution in [1.82, 2.24) is 9.97 Å². The Morgan fingerprint density at radius 1 is 1.15 bits per heavy atom. The van der Waals surface area contributed by atoms with Crippen molar-refractivity contribution in [3.05, 3.63) is 47.9 Å². The number of aromatic nitrogens is 2. The first-order chi connectivity index (χ1) is 13.0. The number of nitrogens with zero attached hydrogens (tertiary/aromatic N) is 4. The quantitative estimate of drug-likeness (QED) is 0.808. The van der Waals surface area contributed by atoms with E-state index in [0.29, 0.717) is 19.5 Å². The van der Waals surface area contributed by atoms with Gasteiger partial charge in [0.2, 0.25) is 10.0 Å². The largest absolute Gasteiger partial charge is 0.355 e. The van der Waals surface area contributed by atoms with E-state index in [1.807, 2.05) is 30.3 Å². The SMILES string of the molecule is CC(C)c1nccc(N2CCCC(S(=O)(=O)N3CCc4ccccc43)C2)n1. The number of hydrogen-bond donors (Lipinski definition) is 0. The van der Waals surface area contributed by atoms with E-state index in [0.717, 1.165) is 42.3 Å². The maximum atomic E-state index is 13.4. The molecule has 144 valence electrons. The van der Waals surface area contributed by atoms with Gasteiger partial charge in [0.1, 0.15) is 11.6 Å². The molecule has 4 rings (SSSR count). The number of anilines is 2. The number of para-hydroxylation sites is 1. The van der Waals surface area contributed by atoms with Crippen molar-refractivity contribution < 1.29 is 8.42 Å². The van der Waals surface area contributed by atoms with E-state index < -0.39 is 15.3 Å². The third-order valence-electron chi connectivity index (χ3n) is 5.45. The molecule has 6 nitrogen and oxygen atoms in total. The van der Waals surface area contributed by atoms with Gasteiger partial charge >= 0.3 is 0 Å². The molecule has 0 N–H and O–H groups in total. The van der Waals surface area contributed by atoms with E-state index in [9.17, 15) is 8.42 Å². The lowest BCUT2D eigenvalue weighted by Gasteiger charge is -2.35. The van der Waals surface area contributed by atoms with Gasteiger partial charge in [0.05, 0.1) is 10.9 Å². The molecule has 2 aromatic rings. The zero-order chi connectivity index (χ0) is 19.0. The summed E-state index contributed by atoms with van der Waals surface area (Å²) in [5, 5.41) is -0.408. The van der Waals surface area contributed by atoms with Gasteiger partial charge < -0.3 is 4.90 Å². The summed E-state index contributed by atoms with van der Waals surface area (Å²) in [6.07, 6.45) is 4.10. The summed E-state index contributed by atoms with van der Waals surface area (Å²) in [6.45, 7) is 5.98. The Morgan fingerprint density at radius 2 is 1.96 bits per heavy atom. The summed E-state index contributed by atoms with van der Waals surface area (Å²) >= 11 is 0. The zero-order valence-electron chi connectivity index (χ0n) is 15.9. The minimum Gasteiger partial charge on any atom is -0.355 e. The van der Waals surface area contributed by atoms with Crippen LogP contribution in [0.1, 0.15) is 44.0 Å². The first-order valence-electron chi connectivity index (χ1n) is 9.64. The van der Waals surface area contributed by atoms with Gasteiger partial charge in [0.25, 0.3) is 0 Å². The molecule has 1 unspecified atom stereocenters. The van der Waals surface area contributed by atoms with E-state index >= 15 is 0 Å². The van der Waals surface area contributed by atoms with Gasteiger partial charge in [-0.15, -0.1) is 0 Å². The first-order valence-corrected chi connectivity index (χ1v) is 11.1. The van der Waals surface area contributed by atoms with Crippen molar-refractivity contribution in [2.75, 3.05) is 28.8 Å². The minimum atomic E-state index is -3.39. The molecule has 1 atom stereocenters. The van der Waals surface area contributed by atoms with Gasteiger partial charge in [-0.2, -0.15) is 0 Å². The predicted molar refractivity (Wildman–Crippen MR) is 108 cm³/mol. The molecule has 1 aromatic carbocycles. The van der Waals surface area contributed by atoms with Crippen molar-refractivity contribution in [3.8, 4) is 0 Å². The van der Waals surface area contributed by atoms with Crippen LogP contribution in [-0.4, -0.2) is 43.3 Å². The predicted octanol–water partition coefficient (Wildman–Crippen LogP) is 2.96. The number of benzene rings is 1. The molecule has 0 bridgehead atoms. The molecule has 0 saturated carbocycles. The van der Waals surface area contributed by atoms with Crippen LogP contribution in [0.4, 0.5) is 11.5 Å². The Labute approximate surface area is 161 Å². The molecule has 0 amide bonds. The Morgan fingerprint density at radius 3 is 2.78 bits per heavy atom. The Hall–Kier alpha value is -2.15. The van der Waals surface area contributed by atoms with E-state index in [4.69, 9.17) is 0 Å². The van der Waals surface area contributed by atoms with Crippen molar-refractivity contribution >= 4 is 21.5 Å². The van der Waals surface area contributed by atoms with Crippen molar-refractivity contribution in [1.29, 1.82) is 0 Å². The number of sulfonamides is 1. The fraction of sp³-hybridized carbons (Fsp3) is 0.500. The maximum Gasteiger partial charge on any atom is 0.239 e. The number of rotatable bonds is 4. The highest BCUT2D eigenvalue weighted by Crippen LogP contribution is 2.33. The number of hydrogen-bond acceptors (Lipinski definition) is 5. The highest BCUT2D eigenvalue weighted by atomic mass is 32.2. The van der Waals surface area contributed by atoms with Crippen LogP contribution in [0, 0.1) is 0 Å². The van der Waals surface area contributed by atoms with E-state index in [1.54, 1.807) is 10.5 Å². The van der Waals surface area contributed by atoms with Gasteiger partial charge in [-0.05, 0) is 37.0 Å². The van der Waals surface area contributed by atoms with Gasteiger partial charge in [0.15, 0.2) is 0 Å². The average Bonchev–Trinajstić information content (AvgIpc) is 3.13. The first kappa shape index (κ1) is 18.2. The monoisotopic (exact) mass is 386 g/mol. The second-order valence-electron chi connectivity index (χ2n) is 7.63. The topological polar surface area (TPSA) is 66.4 Å². The highest BCUT2D eigenvalue weighted by Gasteiger charge is 2.38.